The highest BCUT2D eigenvalue weighted by Crippen LogP contribution is 2.35. The van der Waals surface area contributed by atoms with Crippen molar-refractivity contribution in [3.63, 3.8) is 0 Å². The fourth-order valence-corrected chi connectivity index (χ4v) is 4.33. The molecule has 1 atom stereocenters. The normalized spacial score (nSPS) is 14.9. The minimum Gasteiger partial charge on any atom is -0.506 e. The molecule has 1 aromatic heterocycles. The van der Waals surface area contributed by atoms with E-state index in [0.29, 0.717) is 41.8 Å². The second kappa shape index (κ2) is 8.53. The Labute approximate surface area is 184 Å². The van der Waals surface area contributed by atoms with Gasteiger partial charge in [-0.15, -0.1) is 0 Å². The number of halogens is 1. The summed E-state index contributed by atoms with van der Waals surface area (Å²) in [7, 11) is 3.09. The van der Waals surface area contributed by atoms with Crippen molar-refractivity contribution in [1.29, 1.82) is 0 Å². The summed E-state index contributed by atoms with van der Waals surface area (Å²) in [6.07, 6.45) is 1.73. The van der Waals surface area contributed by atoms with Gasteiger partial charge in [0.1, 0.15) is 17.1 Å². The number of methoxy groups -OCH3 is 2. The number of aromatic hydroxyl groups is 1. The number of nitrogens with zero attached hydrogens (tertiary/aromatic N) is 1. The van der Waals surface area contributed by atoms with E-state index < -0.39 is 23.0 Å². The van der Waals surface area contributed by atoms with E-state index in [1.807, 2.05) is 19.1 Å². The fraction of sp³-hybridized carbons (Fsp3) is 0.333. The maximum absolute atomic E-state index is 14.1. The van der Waals surface area contributed by atoms with E-state index in [4.69, 9.17) is 9.47 Å². The first-order chi connectivity index (χ1) is 15.3. The number of aryl methyl sites for hydroxylation is 1. The molecule has 3 aromatic rings. The largest absolute Gasteiger partial charge is 0.506 e. The van der Waals surface area contributed by atoms with Crippen molar-refractivity contribution in [1.82, 2.24) is 9.88 Å². The van der Waals surface area contributed by atoms with Crippen LogP contribution in [0.2, 0.25) is 0 Å². The number of hydrogen-bond acceptors (Lipinski definition) is 5. The van der Waals surface area contributed by atoms with Gasteiger partial charge < -0.3 is 24.5 Å². The van der Waals surface area contributed by atoms with Crippen LogP contribution >= 0.6 is 0 Å². The van der Waals surface area contributed by atoms with Gasteiger partial charge in [0.2, 0.25) is 0 Å². The Bertz CT molecular complexity index is 1270. The first-order valence-electron chi connectivity index (χ1n) is 10.4. The topological polar surface area (TPSA) is 89.8 Å². The van der Waals surface area contributed by atoms with Crippen molar-refractivity contribution in [3.05, 3.63) is 63.2 Å². The van der Waals surface area contributed by atoms with Crippen LogP contribution in [0, 0.1) is 5.82 Å². The van der Waals surface area contributed by atoms with Crippen molar-refractivity contribution in [2.75, 3.05) is 20.8 Å². The minimum atomic E-state index is -0.692. The summed E-state index contributed by atoms with van der Waals surface area (Å²) in [4.78, 5) is 26.0. The maximum Gasteiger partial charge on any atom is 0.267 e. The standard InChI is InChI=1S/C24H25FN2O5/c1-13-4-6-15-11-16(25)12-17-21(15)27(13)24(30)20(22(17)28)23(29)26-9-8-14-5-7-18(31-2)19(10-14)32-3/h5,7,10-13,28H,4,6,8-9H2,1-3H3,(H,26,29)/t13-/m1/s1. The predicted octanol–water partition coefficient (Wildman–Crippen LogP) is 3.34. The first-order valence-corrected chi connectivity index (χ1v) is 10.4. The molecule has 168 valence electrons. The number of benzene rings is 2. The lowest BCUT2D eigenvalue weighted by atomic mass is 9.95. The quantitative estimate of drug-likeness (QED) is 0.614. The molecule has 4 rings (SSSR count). The van der Waals surface area contributed by atoms with Crippen molar-refractivity contribution < 1.29 is 23.8 Å². The van der Waals surface area contributed by atoms with Gasteiger partial charge in [-0.05, 0) is 61.6 Å². The van der Waals surface area contributed by atoms with Crippen LogP contribution in [-0.4, -0.2) is 36.3 Å². The molecule has 2 aromatic carbocycles. The summed E-state index contributed by atoms with van der Waals surface area (Å²) in [5.41, 5.74) is 1.12. The number of rotatable bonds is 6. The molecule has 0 bridgehead atoms. The predicted molar refractivity (Wildman–Crippen MR) is 118 cm³/mol. The molecule has 0 aliphatic carbocycles. The molecule has 2 heterocycles. The number of ether oxygens (including phenoxy) is 2. The summed E-state index contributed by atoms with van der Waals surface area (Å²) >= 11 is 0. The third kappa shape index (κ3) is 3.66. The van der Waals surface area contributed by atoms with E-state index in [1.165, 1.54) is 16.7 Å². The van der Waals surface area contributed by atoms with Gasteiger partial charge in [-0.3, -0.25) is 9.59 Å². The molecular formula is C24H25FN2O5. The van der Waals surface area contributed by atoms with Crippen molar-refractivity contribution >= 4 is 16.8 Å². The zero-order valence-electron chi connectivity index (χ0n) is 18.2. The lowest BCUT2D eigenvalue weighted by Crippen LogP contribution is -2.36. The van der Waals surface area contributed by atoms with Gasteiger partial charge in [-0.2, -0.15) is 0 Å². The highest BCUT2D eigenvalue weighted by atomic mass is 19.1. The smallest absolute Gasteiger partial charge is 0.267 e. The molecule has 0 saturated carbocycles. The molecule has 2 N–H and O–H groups in total. The summed E-state index contributed by atoms with van der Waals surface area (Å²) in [6.45, 7) is 2.11. The van der Waals surface area contributed by atoms with Gasteiger partial charge in [0, 0.05) is 18.0 Å². The van der Waals surface area contributed by atoms with Crippen LogP contribution in [0.1, 0.15) is 40.9 Å². The SMILES string of the molecule is COc1ccc(CCNC(=O)c2c(O)c3cc(F)cc4c3n(c2=O)[C@H](C)CC4)cc1OC. The summed E-state index contributed by atoms with van der Waals surface area (Å²) < 4.78 is 26.1. The molecule has 0 fully saturated rings. The highest BCUT2D eigenvalue weighted by molar-refractivity contribution is 6.03. The molecule has 0 saturated heterocycles. The average molecular weight is 440 g/mol. The van der Waals surface area contributed by atoms with E-state index >= 15 is 0 Å². The number of pyridine rings is 1. The lowest BCUT2D eigenvalue weighted by molar-refractivity contribution is 0.0949. The van der Waals surface area contributed by atoms with Crippen LogP contribution in [0.3, 0.4) is 0 Å². The van der Waals surface area contributed by atoms with Gasteiger partial charge in [-0.1, -0.05) is 6.07 Å². The molecule has 7 nitrogen and oxygen atoms in total. The monoisotopic (exact) mass is 440 g/mol. The zero-order chi connectivity index (χ0) is 23.0. The van der Waals surface area contributed by atoms with Crippen LogP contribution in [0.4, 0.5) is 4.39 Å². The third-order valence-electron chi connectivity index (χ3n) is 5.97. The van der Waals surface area contributed by atoms with E-state index in [9.17, 15) is 19.1 Å². The highest BCUT2D eigenvalue weighted by Gasteiger charge is 2.28. The zero-order valence-corrected chi connectivity index (χ0v) is 18.2. The van der Waals surface area contributed by atoms with Crippen LogP contribution in [0.5, 0.6) is 17.2 Å². The van der Waals surface area contributed by atoms with E-state index in [1.54, 1.807) is 20.3 Å². The minimum absolute atomic E-state index is 0.165. The maximum atomic E-state index is 14.1. The molecule has 1 aliphatic heterocycles. The van der Waals surface area contributed by atoms with Crippen LogP contribution in [0.25, 0.3) is 10.9 Å². The molecule has 1 aliphatic rings. The molecule has 0 radical (unpaired) electrons. The third-order valence-corrected chi connectivity index (χ3v) is 5.97. The molecule has 0 spiro atoms. The van der Waals surface area contributed by atoms with E-state index in [2.05, 4.69) is 5.32 Å². The van der Waals surface area contributed by atoms with Crippen molar-refractivity contribution in [2.45, 2.75) is 32.2 Å². The van der Waals surface area contributed by atoms with Crippen LogP contribution < -0.4 is 20.3 Å². The molecule has 32 heavy (non-hydrogen) atoms. The number of aromatic nitrogens is 1. The van der Waals surface area contributed by atoms with Crippen molar-refractivity contribution in [3.8, 4) is 17.2 Å². The second-order valence-corrected chi connectivity index (χ2v) is 7.94. The van der Waals surface area contributed by atoms with E-state index in [0.717, 1.165) is 5.56 Å². The Morgan fingerprint density at radius 2 is 1.97 bits per heavy atom. The number of hydrogen-bond donors (Lipinski definition) is 2. The number of carbonyl (C=O) groups excluding carboxylic acids is 1. The Hall–Kier alpha value is -3.55. The first kappa shape index (κ1) is 21.7. The number of nitrogens with one attached hydrogen (secondary N) is 1. The Morgan fingerprint density at radius 3 is 2.69 bits per heavy atom. The van der Waals surface area contributed by atoms with Gasteiger partial charge in [0.25, 0.3) is 11.5 Å². The van der Waals surface area contributed by atoms with Gasteiger partial charge >= 0.3 is 0 Å². The average Bonchev–Trinajstić information content (AvgIpc) is 2.77. The molecule has 1 amide bonds. The number of carbonyl (C=O) groups is 1. The summed E-state index contributed by atoms with van der Waals surface area (Å²) in [6, 6.07) is 7.82. The molecule has 8 heteroatoms. The Morgan fingerprint density at radius 1 is 1.22 bits per heavy atom. The van der Waals surface area contributed by atoms with Gasteiger partial charge in [0.15, 0.2) is 11.5 Å². The van der Waals surface area contributed by atoms with E-state index in [-0.39, 0.29) is 23.5 Å². The molecule has 0 unspecified atom stereocenters. The van der Waals surface area contributed by atoms with Crippen molar-refractivity contribution in [2.24, 2.45) is 0 Å². The van der Waals surface area contributed by atoms with Crippen LogP contribution in [-0.2, 0) is 12.8 Å². The fourth-order valence-electron chi connectivity index (χ4n) is 4.33. The van der Waals surface area contributed by atoms with Crippen LogP contribution in [0.15, 0.2) is 35.1 Å². The number of amides is 1. The lowest BCUT2D eigenvalue weighted by Gasteiger charge is -2.26. The second-order valence-electron chi connectivity index (χ2n) is 7.94. The Balaban J connectivity index is 1.63. The Kier molecular flexibility index (Phi) is 5.78. The summed E-state index contributed by atoms with van der Waals surface area (Å²) in [5, 5.41) is 13.6. The van der Waals surface area contributed by atoms with Gasteiger partial charge in [-0.25, -0.2) is 4.39 Å². The van der Waals surface area contributed by atoms with Gasteiger partial charge in [0.05, 0.1) is 19.7 Å². The summed E-state index contributed by atoms with van der Waals surface area (Å²) in [5.74, 6) is -0.513. The molecular weight excluding hydrogens is 415 g/mol.